The summed E-state index contributed by atoms with van der Waals surface area (Å²) in [6, 6.07) is 18.8. The summed E-state index contributed by atoms with van der Waals surface area (Å²) < 4.78 is 5.93. The van der Waals surface area contributed by atoms with Gasteiger partial charge in [-0.1, -0.05) is 37.3 Å². The number of benzene rings is 2. The third-order valence-electron chi connectivity index (χ3n) is 6.46. The Balaban J connectivity index is 2.10. The Hall–Kier alpha value is -2.22. The minimum absolute atomic E-state index is 0.0834. The number of hydrogen-bond acceptors (Lipinski definition) is 3. The summed E-state index contributed by atoms with van der Waals surface area (Å²) in [5, 5.41) is 19.4. The lowest BCUT2D eigenvalue weighted by molar-refractivity contribution is -0.144. The van der Waals surface area contributed by atoms with Gasteiger partial charge in [0.1, 0.15) is 16.3 Å². The third-order valence-corrected chi connectivity index (χ3v) is 6.77. The molecule has 2 aromatic rings. The maximum atomic E-state index is 12.3. The lowest BCUT2D eigenvalue weighted by atomic mass is 9.82. The predicted molar refractivity (Wildman–Crippen MR) is 109 cm³/mol. The average molecular weight is 418 g/mol. The molecule has 0 amide bonds. The number of nitrogens with zero attached hydrogens (tertiary/aromatic N) is 1. The van der Waals surface area contributed by atoms with Crippen molar-refractivity contribution in [2.75, 3.05) is 0 Å². The van der Waals surface area contributed by atoms with Crippen LogP contribution in [-0.4, -0.2) is 15.9 Å². The molecule has 0 aliphatic heterocycles. The molecule has 6 heteroatoms. The van der Waals surface area contributed by atoms with Crippen LogP contribution in [0.25, 0.3) is 0 Å². The fraction of sp³-hybridized carbons (Fsp3) is 0.364. The maximum absolute atomic E-state index is 12.3. The number of carboxylic acid groups (broad SMARTS) is 1. The highest BCUT2D eigenvalue weighted by molar-refractivity contribution is 6.44. The van der Waals surface area contributed by atoms with E-state index in [1.807, 2.05) is 61.5 Å². The molecule has 4 nitrogen and oxygen atoms in total. The molecule has 0 saturated heterocycles. The number of carbonyl (C=O) groups is 1. The van der Waals surface area contributed by atoms with E-state index in [9.17, 15) is 15.2 Å². The number of aliphatic carboxylic acids is 1. The first-order valence-electron chi connectivity index (χ1n) is 8.95. The van der Waals surface area contributed by atoms with Crippen LogP contribution in [0.15, 0.2) is 54.6 Å². The Bertz CT molecular complexity index is 927. The van der Waals surface area contributed by atoms with Crippen LogP contribution in [0.4, 0.5) is 0 Å². The van der Waals surface area contributed by atoms with Crippen molar-refractivity contribution in [3.8, 4) is 17.6 Å². The van der Waals surface area contributed by atoms with Crippen molar-refractivity contribution in [3.05, 3.63) is 60.2 Å². The number of rotatable bonds is 7. The van der Waals surface area contributed by atoms with Gasteiger partial charge in [-0.15, -0.1) is 23.2 Å². The average Bonchev–Trinajstić information content (AvgIpc) is 3.07. The fourth-order valence-corrected chi connectivity index (χ4v) is 5.28. The molecule has 1 fully saturated rings. The highest BCUT2D eigenvalue weighted by Crippen LogP contribution is 2.81. The van der Waals surface area contributed by atoms with Gasteiger partial charge in [0, 0.05) is 17.3 Å². The molecule has 1 aliphatic rings. The molecular formula is C22H21Cl2NO3. The van der Waals surface area contributed by atoms with Crippen molar-refractivity contribution >= 4 is 29.2 Å². The minimum Gasteiger partial charge on any atom is -0.481 e. The van der Waals surface area contributed by atoms with E-state index in [-0.39, 0.29) is 12.8 Å². The van der Waals surface area contributed by atoms with E-state index in [1.54, 1.807) is 6.92 Å². The zero-order valence-electron chi connectivity index (χ0n) is 15.7. The quantitative estimate of drug-likeness (QED) is 0.566. The number of halogens is 2. The number of nitriles is 1. The first-order chi connectivity index (χ1) is 13.2. The van der Waals surface area contributed by atoms with Crippen molar-refractivity contribution in [2.24, 2.45) is 10.8 Å². The Morgan fingerprint density at radius 3 is 2.36 bits per heavy atom. The molecule has 0 bridgehead atoms. The molecule has 28 heavy (non-hydrogen) atoms. The van der Waals surface area contributed by atoms with Crippen LogP contribution in [0.5, 0.6) is 11.5 Å². The SMILES string of the molecule is CC1(CC#N)C(C)(C(=O)O)C1(CC(Cl)Cl)c1cccc(Oc2ccccc2)c1. The first kappa shape index (κ1) is 20.5. The number of para-hydroxylation sites is 1. The summed E-state index contributed by atoms with van der Waals surface area (Å²) in [5.74, 6) is 0.300. The molecule has 3 atom stereocenters. The molecule has 0 radical (unpaired) electrons. The highest BCUT2D eigenvalue weighted by Gasteiger charge is 2.85. The van der Waals surface area contributed by atoms with Gasteiger partial charge in [-0.2, -0.15) is 5.26 Å². The molecule has 0 heterocycles. The summed E-state index contributed by atoms with van der Waals surface area (Å²) in [5.41, 5.74) is -2.11. The van der Waals surface area contributed by atoms with E-state index in [4.69, 9.17) is 27.9 Å². The van der Waals surface area contributed by atoms with Gasteiger partial charge in [0.15, 0.2) is 0 Å². The molecule has 0 spiro atoms. The van der Waals surface area contributed by atoms with Gasteiger partial charge in [-0.25, -0.2) is 0 Å². The lowest BCUT2D eigenvalue weighted by Crippen LogP contribution is -2.25. The third kappa shape index (κ3) is 2.85. The van der Waals surface area contributed by atoms with Gasteiger partial charge in [0.2, 0.25) is 0 Å². The predicted octanol–water partition coefficient (Wildman–Crippen LogP) is 5.93. The number of carboxylic acids is 1. The molecule has 146 valence electrons. The standard InChI is InChI=1S/C22H21Cl2NO3/c1-20(11-12-25)21(2,19(26)27)22(20,14-18(23)24)15-7-6-10-17(13-15)28-16-8-4-3-5-9-16/h3-10,13,18H,11,14H2,1-2H3,(H,26,27). The van der Waals surface area contributed by atoms with Crippen LogP contribution in [0.3, 0.4) is 0 Å². The molecular weight excluding hydrogens is 397 g/mol. The van der Waals surface area contributed by atoms with Crippen molar-refractivity contribution < 1.29 is 14.6 Å². The van der Waals surface area contributed by atoms with Gasteiger partial charge < -0.3 is 9.84 Å². The van der Waals surface area contributed by atoms with E-state index in [2.05, 4.69) is 6.07 Å². The van der Waals surface area contributed by atoms with Gasteiger partial charge in [-0.05, 0) is 43.2 Å². The summed E-state index contributed by atoms with van der Waals surface area (Å²) in [7, 11) is 0. The van der Waals surface area contributed by atoms with E-state index in [0.717, 1.165) is 5.56 Å². The van der Waals surface area contributed by atoms with E-state index < -0.39 is 27.1 Å². The maximum Gasteiger partial charge on any atom is 0.310 e. The summed E-state index contributed by atoms with van der Waals surface area (Å²) in [6.45, 7) is 3.50. The largest absolute Gasteiger partial charge is 0.481 e. The molecule has 1 saturated carbocycles. The van der Waals surface area contributed by atoms with Crippen molar-refractivity contribution in [2.45, 2.75) is 36.9 Å². The smallest absolute Gasteiger partial charge is 0.310 e. The van der Waals surface area contributed by atoms with Gasteiger partial charge >= 0.3 is 5.97 Å². The van der Waals surface area contributed by atoms with Crippen molar-refractivity contribution in [1.82, 2.24) is 0 Å². The summed E-state index contributed by atoms with van der Waals surface area (Å²) in [6.07, 6.45) is 0.311. The Morgan fingerprint density at radius 2 is 1.79 bits per heavy atom. The highest BCUT2D eigenvalue weighted by atomic mass is 35.5. The summed E-state index contributed by atoms with van der Waals surface area (Å²) >= 11 is 12.3. The fourth-order valence-electron chi connectivity index (χ4n) is 4.82. The number of hydrogen-bond donors (Lipinski definition) is 1. The molecule has 1 aliphatic carbocycles. The van der Waals surface area contributed by atoms with E-state index >= 15 is 0 Å². The van der Waals surface area contributed by atoms with Crippen LogP contribution < -0.4 is 4.74 Å². The monoisotopic (exact) mass is 417 g/mol. The van der Waals surface area contributed by atoms with Crippen molar-refractivity contribution in [3.63, 3.8) is 0 Å². The second-order valence-electron chi connectivity index (χ2n) is 7.54. The molecule has 0 aromatic heterocycles. The Labute approximate surface area is 174 Å². The first-order valence-corrected chi connectivity index (χ1v) is 9.82. The minimum atomic E-state index is -1.18. The lowest BCUT2D eigenvalue weighted by Gasteiger charge is -2.24. The molecule has 1 N–H and O–H groups in total. The molecule has 2 aromatic carbocycles. The number of alkyl halides is 2. The van der Waals surface area contributed by atoms with Gasteiger partial charge in [0.25, 0.3) is 0 Å². The molecule has 3 rings (SSSR count). The van der Waals surface area contributed by atoms with Crippen LogP contribution in [-0.2, 0) is 10.2 Å². The van der Waals surface area contributed by atoms with E-state index in [1.165, 1.54) is 0 Å². The van der Waals surface area contributed by atoms with Crippen LogP contribution >= 0.6 is 23.2 Å². The van der Waals surface area contributed by atoms with Crippen LogP contribution in [0.1, 0.15) is 32.3 Å². The second-order valence-corrected chi connectivity index (χ2v) is 8.82. The Morgan fingerprint density at radius 1 is 1.14 bits per heavy atom. The summed E-state index contributed by atoms with van der Waals surface area (Å²) in [4.78, 5) is 11.5. The van der Waals surface area contributed by atoms with E-state index in [0.29, 0.717) is 11.5 Å². The zero-order chi connectivity index (χ0) is 20.6. The van der Waals surface area contributed by atoms with Crippen LogP contribution in [0, 0.1) is 22.2 Å². The van der Waals surface area contributed by atoms with Crippen molar-refractivity contribution in [1.29, 1.82) is 5.26 Å². The normalized spacial score (nSPS) is 28.6. The number of ether oxygens (including phenoxy) is 1. The Kier molecular flexibility index (Phi) is 5.36. The van der Waals surface area contributed by atoms with Crippen LogP contribution in [0.2, 0.25) is 0 Å². The molecule has 3 unspecified atom stereocenters. The van der Waals surface area contributed by atoms with Gasteiger partial charge in [0.05, 0.1) is 11.5 Å². The second kappa shape index (κ2) is 7.31. The zero-order valence-corrected chi connectivity index (χ0v) is 17.2. The van der Waals surface area contributed by atoms with Gasteiger partial charge in [-0.3, -0.25) is 4.79 Å². The topological polar surface area (TPSA) is 70.3 Å².